The van der Waals surface area contributed by atoms with Gasteiger partial charge in [-0.05, 0) is 6.07 Å². The van der Waals surface area contributed by atoms with Gasteiger partial charge in [-0.15, -0.1) is 0 Å². The van der Waals surface area contributed by atoms with Gasteiger partial charge in [-0.25, -0.2) is 14.0 Å². The number of aliphatic carboxylic acids is 1. The van der Waals surface area contributed by atoms with E-state index in [1.807, 2.05) is 0 Å². The highest BCUT2D eigenvalue weighted by molar-refractivity contribution is 5.73. The molecule has 6 nitrogen and oxygen atoms in total. The van der Waals surface area contributed by atoms with Gasteiger partial charge in [0, 0.05) is 25.7 Å². The maximum Gasteiger partial charge on any atom is 0.329 e. The molecule has 1 rings (SSSR count). The fraction of sp³-hybridized carbons (Fsp3) is 0.385. The molecule has 0 aliphatic heterocycles. The number of carboxylic acids is 1. The Morgan fingerprint density at radius 2 is 2.10 bits per heavy atom. The Bertz CT molecular complexity index is 467. The molecule has 110 valence electrons. The predicted molar refractivity (Wildman–Crippen MR) is 69.7 cm³/mol. The highest BCUT2D eigenvalue weighted by Gasteiger charge is 2.10. The smallest absolute Gasteiger partial charge is 0.329 e. The van der Waals surface area contributed by atoms with Gasteiger partial charge in [0.15, 0.2) is 0 Å². The summed E-state index contributed by atoms with van der Waals surface area (Å²) in [6.45, 7) is 0.0364. The molecule has 0 unspecified atom stereocenters. The zero-order chi connectivity index (χ0) is 15.0. The van der Waals surface area contributed by atoms with Gasteiger partial charge in [0.25, 0.3) is 0 Å². The van der Waals surface area contributed by atoms with Crippen LogP contribution < -0.4 is 5.32 Å². The van der Waals surface area contributed by atoms with Gasteiger partial charge in [0.1, 0.15) is 12.4 Å². The predicted octanol–water partition coefficient (Wildman–Crippen LogP) is 1.07. The average molecular weight is 284 g/mol. The third-order valence-electron chi connectivity index (χ3n) is 2.46. The molecule has 0 saturated carbocycles. The van der Waals surface area contributed by atoms with E-state index in [1.165, 1.54) is 11.0 Å². The molecule has 7 heteroatoms. The minimum atomic E-state index is -1.06. The first-order chi connectivity index (χ1) is 9.50. The van der Waals surface area contributed by atoms with Gasteiger partial charge < -0.3 is 20.1 Å². The monoisotopic (exact) mass is 284 g/mol. The lowest BCUT2D eigenvalue weighted by molar-refractivity contribution is -0.142. The van der Waals surface area contributed by atoms with Crippen LogP contribution in [0.4, 0.5) is 9.18 Å². The number of benzene rings is 1. The molecule has 0 atom stereocenters. The van der Waals surface area contributed by atoms with E-state index in [9.17, 15) is 14.0 Å². The molecule has 0 saturated heterocycles. The Labute approximate surface area is 116 Å². The quantitative estimate of drug-likeness (QED) is 0.734. The first-order valence-corrected chi connectivity index (χ1v) is 6.02. The lowest BCUT2D eigenvalue weighted by atomic mass is 10.2. The summed E-state index contributed by atoms with van der Waals surface area (Å²) in [5.41, 5.74) is 0.423. The molecule has 2 N–H and O–H groups in total. The van der Waals surface area contributed by atoms with Crippen molar-refractivity contribution in [2.75, 3.05) is 26.8 Å². The lowest BCUT2D eigenvalue weighted by Gasteiger charge is -2.18. The SMILES string of the molecule is CN(Cc1ccccc1F)C(=O)NCCOCC(=O)O. The van der Waals surface area contributed by atoms with Crippen LogP contribution in [0.5, 0.6) is 0 Å². The Balaban J connectivity index is 2.29. The van der Waals surface area contributed by atoms with Gasteiger partial charge in [0.05, 0.1) is 6.61 Å². The van der Waals surface area contributed by atoms with Crippen molar-refractivity contribution in [3.05, 3.63) is 35.6 Å². The fourth-order valence-corrected chi connectivity index (χ4v) is 1.48. The zero-order valence-electron chi connectivity index (χ0n) is 11.1. The fourth-order valence-electron chi connectivity index (χ4n) is 1.48. The number of rotatable bonds is 7. The number of carbonyl (C=O) groups excluding carboxylic acids is 1. The average Bonchev–Trinajstić information content (AvgIpc) is 2.40. The van der Waals surface area contributed by atoms with E-state index < -0.39 is 12.6 Å². The number of ether oxygens (including phenoxy) is 1. The number of amides is 2. The second-order valence-electron chi connectivity index (χ2n) is 4.13. The Kier molecular flexibility index (Phi) is 6.45. The molecule has 0 spiro atoms. The first kappa shape index (κ1) is 15.9. The molecule has 0 aliphatic carbocycles. The van der Waals surface area contributed by atoms with E-state index in [0.717, 1.165) is 0 Å². The van der Waals surface area contributed by atoms with Crippen molar-refractivity contribution in [3.63, 3.8) is 0 Å². The van der Waals surface area contributed by atoms with Gasteiger partial charge in [-0.1, -0.05) is 18.2 Å². The molecule has 1 aromatic carbocycles. The minimum absolute atomic E-state index is 0.103. The third-order valence-corrected chi connectivity index (χ3v) is 2.46. The van der Waals surface area contributed by atoms with E-state index >= 15 is 0 Å². The maximum absolute atomic E-state index is 13.4. The van der Waals surface area contributed by atoms with Crippen LogP contribution in [0.2, 0.25) is 0 Å². The summed E-state index contributed by atoms with van der Waals surface area (Å²) in [7, 11) is 1.54. The van der Waals surface area contributed by atoms with E-state index in [2.05, 4.69) is 5.32 Å². The van der Waals surface area contributed by atoms with Crippen molar-refractivity contribution in [2.24, 2.45) is 0 Å². The molecule has 2 amide bonds. The van der Waals surface area contributed by atoms with Crippen LogP contribution >= 0.6 is 0 Å². The van der Waals surface area contributed by atoms with Crippen LogP contribution in [0.3, 0.4) is 0 Å². The molecular formula is C13H17FN2O4. The lowest BCUT2D eigenvalue weighted by Crippen LogP contribution is -2.38. The summed E-state index contributed by atoms with van der Waals surface area (Å²) in [4.78, 5) is 23.2. The second-order valence-corrected chi connectivity index (χ2v) is 4.13. The number of halogens is 1. The number of hydrogen-bond donors (Lipinski definition) is 2. The standard InChI is InChI=1S/C13H17FN2O4/c1-16(8-10-4-2-3-5-11(10)14)13(19)15-6-7-20-9-12(17)18/h2-5H,6-9H2,1H3,(H,15,19)(H,17,18). The molecule has 0 aliphatic rings. The van der Waals surface area contributed by atoms with Crippen LogP contribution in [-0.4, -0.2) is 48.8 Å². The molecule has 1 aromatic rings. The number of carboxylic acid groups (broad SMARTS) is 1. The van der Waals surface area contributed by atoms with Crippen molar-refractivity contribution in [1.29, 1.82) is 0 Å². The summed E-state index contributed by atoms with van der Waals surface area (Å²) in [6, 6.07) is 5.84. The third kappa shape index (κ3) is 5.66. The summed E-state index contributed by atoms with van der Waals surface area (Å²) in [5, 5.41) is 10.9. The zero-order valence-corrected chi connectivity index (χ0v) is 11.1. The molecule has 0 aromatic heterocycles. The summed E-state index contributed by atoms with van der Waals surface area (Å²) < 4.78 is 18.2. The summed E-state index contributed by atoms with van der Waals surface area (Å²) >= 11 is 0. The van der Waals surface area contributed by atoms with Crippen molar-refractivity contribution in [2.45, 2.75) is 6.54 Å². The highest BCUT2D eigenvalue weighted by atomic mass is 19.1. The first-order valence-electron chi connectivity index (χ1n) is 6.02. The Hall–Kier alpha value is -2.15. The van der Waals surface area contributed by atoms with Crippen LogP contribution in [0.25, 0.3) is 0 Å². The number of hydrogen-bond acceptors (Lipinski definition) is 3. The van der Waals surface area contributed by atoms with Crippen molar-refractivity contribution < 1.29 is 23.8 Å². The number of nitrogens with one attached hydrogen (secondary N) is 1. The van der Waals surface area contributed by atoms with Crippen LogP contribution in [0.1, 0.15) is 5.56 Å². The second kappa shape index (κ2) is 8.11. The molecule has 0 fully saturated rings. The molecule has 0 bridgehead atoms. The van der Waals surface area contributed by atoms with E-state index in [0.29, 0.717) is 5.56 Å². The van der Waals surface area contributed by atoms with Crippen LogP contribution in [0, 0.1) is 5.82 Å². The number of urea groups is 1. The summed E-state index contributed by atoms with van der Waals surface area (Å²) in [6.07, 6.45) is 0. The van der Waals surface area contributed by atoms with Crippen molar-refractivity contribution in [1.82, 2.24) is 10.2 Å². The van der Waals surface area contributed by atoms with Gasteiger partial charge in [-0.2, -0.15) is 0 Å². The largest absolute Gasteiger partial charge is 0.480 e. The molecular weight excluding hydrogens is 267 g/mol. The van der Waals surface area contributed by atoms with Crippen LogP contribution in [0.15, 0.2) is 24.3 Å². The van der Waals surface area contributed by atoms with E-state index in [-0.39, 0.29) is 31.5 Å². The topological polar surface area (TPSA) is 78.9 Å². The maximum atomic E-state index is 13.4. The molecule has 0 radical (unpaired) electrons. The number of nitrogens with zero attached hydrogens (tertiary/aromatic N) is 1. The molecule has 20 heavy (non-hydrogen) atoms. The molecule has 0 heterocycles. The van der Waals surface area contributed by atoms with Crippen LogP contribution in [-0.2, 0) is 16.1 Å². The minimum Gasteiger partial charge on any atom is -0.480 e. The Morgan fingerprint density at radius 3 is 2.75 bits per heavy atom. The summed E-state index contributed by atoms with van der Waals surface area (Å²) in [5.74, 6) is -1.43. The normalized spacial score (nSPS) is 10.1. The highest BCUT2D eigenvalue weighted by Crippen LogP contribution is 2.08. The van der Waals surface area contributed by atoms with Gasteiger partial charge >= 0.3 is 12.0 Å². The van der Waals surface area contributed by atoms with E-state index in [1.54, 1.807) is 25.2 Å². The number of carbonyl (C=O) groups is 2. The van der Waals surface area contributed by atoms with Crippen molar-refractivity contribution >= 4 is 12.0 Å². The van der Waals surface area contributed by atoms with Gasteiger partial charge in [0.2, 0.25) is 0 Å². The van der Waals surface area contributed by atoms with E-state index in [4.69, 9.17) is 9.84 Å². The van der Waals surface area contributed by atoms with Crippen molar-refractivity contribution in [3.8, 4) is 0 Å². The Morgan fingerprint density at radius 1 is 1.40 bits per heavy atom. The van der Waals surface area contributed by atoms with Gasteiger partial charge in [-0.3, -0.25) is 0 Å².